The van der Waals surface area contributed by atoms with Gasteiger partial charge in [-0.1, -0.05) is 17.6 Å². The van der Waals surface area contributed by atoms with Crippen LogP contribution >= 0.6 is 0 Å². The molecule has 11 heavy (non-hydrogen) atoms. The molecular formula is C7H4BF3. The fourth-order valence-corrected chi connectivity index (χ4v) is 0.729. The second kappa shape index (κ2) is 2.99. The van der Waals surface area contributed by atoms with Crippen molar-refractivity contribution in [1.82, 2.24) is 0 Å². The van der Waals surface area contributed by atoms with E-state index >= 15 is 0 Å². The normalized spacial score (nSPS) is 10.5. The summed E-state index contributed by atoms with van der Waals surface area (Å²) < 4.78 is 36.3. The van der Waals surface area contributed by atoms with Crippen molar-refractivity contribution >= 4 is 13.3 Å². The highest BCUT2D eigenvalue weighted by molar-refractivity contribution is 6.32. The molecule has 0 heterocycles. The summed E-state index contributed by atoms with van der Waals surface area (Å²) in [5.74, 6) is -0.922. The van der Waals surface area contributed by atoms with Crippen LogP contribution in [0.5, 0.6) is 0 Å². The molecule has 0 unspecified atom stereocenters. The van der Waals surface area contributed by atoms with E-state index in [1.807, 2.05) is 0 Å². The zero-order valence-electron chi connectivity index (χ0n) is 5.52. The first kappa shape index (κ1) is 8.17. The van der Waals surface area contributed by atoms with Gasteiger partial charge < -0.3 is 0 Å². The van der Waals surface area contributed by atoms with Gasteiger partial charge in [-0.2, -0.15) is 0 Å². The lowest BCUT2D eigenvalue weighted by Gasteiger charge is -2.01. The lowest BCUT2D eigenvalue weighted by Crippen LogP contribution is -2.05. The summed E-state index contributed by atoms with van der Waals surface area (Å²) in [5, 5.41) is 0. The molecule has 2 radical (unpaired) electrons. The van der Waals surface area contributed by atoms with Crippen molar-refractivity contribution in [3.05, 3.63) is 29.6 Å². The van der Waals surface area contributed by atoms with Crippen LogP contribution in [0, 0.1) is 5.82 Å². The van der Waals surface area contributed by atoms with Crippen LogP contribution < -0.4 is 5.46 Å². The molecule has 0 bridgehead atoms. The van der Waals surface area contributed by atoms with E-state index < -0.39 is 17.8 Å². The summed E-state index contributed by atoms with van der Waals surface area (Å²) >= 11 is 0. The van der Waals surface area contributed by atoms with Gasteiger partial charge in [0.2, 0.25) is 0 Å². The largest absolute Gasteiger partial charge is 0.266 e. The van der Waals surface area contributed by atoms with Crippen LogP contribution in [0.25, 0.3) is 0 Å². The molecule has 1 aromatic carbocycles. The van der Waals surface area contributed by atoms with Crippen molar-refractivity contribution in [3.8, 4) is 0 Å². The van der Waals surface area contributed by atoms with Crippen molar-refractivity contribution < 1.29 is 13.2 Å². The van der Waals surface area contributed by atoms with Gasteiger partial charge in [-0.25, -0.2) is 13.2 Å². The molecule has 4 heteroatoms. The van der Waals surface area contributed by atoms with E-state index in [-0.39, 0.29) is 5.46 Å². The van der Waals surface area contributed by atoms with E-state index in [2.05, 4.69) is 0 Å². The van der Waals surface area contributed by atoms with Gasteiger partial charge in [-0.05, 0) is 6.07 Å². The van der Waals surface area contributed by atoms with Gasteiger partial charge in [0.15, 0.2) is 0 Å². The van der Waals surface area contributed by atoms with Gasteiger partial charge in [0, 0.05) is 0 Å². The average molecular weight is 156 g/mol. The maximum absolute atomic E-state index is 12.5. The maximum atomic E-state index is 12.5. The highest BCUT2D eigenvalue weighted by Crippen LogP contribution is 2.19. The van der Waals surface area contributed by atoms with Crippen LogP contribution in [0.4, 0.5) is 13.2 Å². The molecular weight excluding hydrogens is 152 g/mol. The zero-order valence-corrected chi connectivity index (χ0v) is 5.52. The van der Waals surface area contributed by atoms with Crippen molar-refractivity contribution in [2.75, 3.05) is 0 Å². The lowest BCUT2D eigenvalue weighted by molar-refractivity contribution is 0.146. The van der Waals surface area contributed by atoms with E-state index in [0.717, 1.165) is 12.1 Å². The minimum absolute atomic E-state index is 0.140. The highest BCUT2D eigenvalue weighted by atomic mass is 19.3. The predicted octanol–water partition coefficient (Wildman–Crippen LogP) is 1.56. The topological polar surface area (TPSA) is 0 Å². The Bertz CT molecular complexity index is 260. The van der Waals surface area contributed by atoms with Crippen LogP contribution in [0.1, 0.15) is 12.0 Å². The lowest BCUT2D eigenvalue weighted by atomic mass is 9.94. The molecule has 0 aliphatic rings. The Morgan fingerprint density at radius 3 is 2.36 bits per heavy atom. The molecule has 1 rings (SSSR count). The third kappa shape index (κ3) is 1.76. The summed E-state index contributed by atoms with van der Waals surface area (Å²) in [5.41, 5.74) is -0.508. The van der Waals surface area contributed by atoms with E-state index in [1.165, 1.54) is 6.07 Å². The molecule has 0 N–H and O–H groups in total. The SMILES string of the molecule is [B]c1ccc(F)c(C(F)F)c1. The quantitative estimate of drug-likeness (QED) is 0.541. The number of rotatable bonds is 1. The second-order valence-corrected chi connectivity index (χ2v) is 2.08. The summed E-state index contributed by atoms with van der Waals surface area (Å²) in [6.07, 6.45) is -2.81. The minimum atomic E-state index is -2.81. The fourth-order valence-electron chi connectivity index (χ4n) is 0.729. The Kier molecular flexibility index (Phi) is 2.22. The summed E-state index contributed by atoms with van der Waals surface area (Å²) in [4.78, 5) is 0. The molecule has 0 aromatic heterocycles. The van der Waals surface area contributed by atoms with Crippen molar-refractivity contribution in [2.45, 2.75) is 6.43 Å². The third-order valence-electron chi connectivity index (χ3n) is 1.26. The van der Waals surface area contributed by atoms with Crippen LogP contribution in [0.3, 0.4) is 0 Å². The second-order valence-electron chi connectivity index (χ2n) is 2.08. The Labute approximate surface area is 63.4 Å². The highest BCUT2D eigenvalue weighted by Gasteiger charge is 2.11. The van der Waals surface area contributed by atoms with Gasteiger partial charge in [-0.3, -0.25) is 0 Å². The van der Waals surface area contributed by atoms with E-state index in [9.17, 15) is 13.2 Å². The molecule has 0 aliphatic heterocycles. The Hall–Kier alpha value is -0.925. The Morgan fingerprint density at radius 1 is 1.27 bits per heavy atom. The van der Waals surface area contributed by atoms with E-state index in [1.54, 1.807) is 0 Å². The maximum Gasteiger partial charge on any atom is 0.266 e. The molecule has 0 amide bonds. The molecule has 0 atom stereocenters. The standard InChI is InChI=1S/C7H4BF3/c8-4-1-2-6(9)5(3-4)7(10)11/h1-3,7H. The first-order valence-corrected chi connectivity index (χ1v) is 2.94. The van der Waals surface area contributed by atoms with Gasteiger partial charge in [0.05, 0.1) is 5.56 Å². The Balaban J connectivity index is 3.13. The summed E-state index contributed by atoms with van der Waals surface area (Å²) in [6, 6.07) is 3.10. The number of halogens is 3. The van der Waals surface area contributed by atoms with Crippen LogP contribution in [-0.2, 0) is 0 Å². The van der Waals surface area contributed by atoms with Crippen LogP contribution in [0.2, 0.25) is 0 Å². The monoisotopic (exact) mass is 156 g/mol. The number of hydrogen-bond acceptors (Lipinski definition) is 0. The third-order valence-corrected chi connectivity index (χ3v) is 1.26. The van der Waals surface area contributed by atoms with E-state index in [0.29, 0.717) is 0 Å². The molecule has 0 saturated carbocycles. The van der Waals surface area contributed by atoms with Gasteiger partial charge in [0.1, 0.15) is 13.7 Å². The molecule has 56 valence electrons. The van der Waals surface area contributed by atoms with Gasteiger partial charge in [0.25, 0.3) is 6.43 Å². The number of alkyl halides is 2. The summed E-state index contributed by atoms with van der Waals surface area (Å²) in [6.45, 7) is 0. The fraction of sp³-hybridized carbons (Fsp3) is 0.143. The van der Waals surface area contributed by atoms with Crippen LogP contribution in [-0.4, -0.2) is 7.85 Å². The number of hydrogen-bond donors (Lipinski definition) is 0. The van der Waals surface area contributed by atoms with Crippen LogP contribution in [0.15, 0.2) is 18.2 Å². The predicted molar refractivity (Wildman–Crippen MR) is 36.7 cm³/mol. The molecule has 0 fully saturated rings. The Morgan fingerprint density at radius 2 is 1.91 bits per heavy atom. The number of benzene rings is 1. The molecule has 0 saturated heterocycles. The smallest absolute Gasteiger partial charge is 0.206 e. The zero-order chi connectivity index (χ0) is 8.43. The minimum Gasteiger partial charge on any atom is -0.206 e. The first-order valence-electron chi connectivity index (χ1n) is 2.94. The van der Waals surface area contributed by atoms with E-state index in [4.69, 9.17) is 7.85 Å². The summed E-state index contributed by atoms with van der Waals surface area (Å²) in [7, 11) is 5.17. The van der Waals surface area contributed by atoms with Gasteiger partial charge >= 0.3 is 0 Å². The van der Waals surface area contributed by atoms with Crippen molar-refractivity contribution in [2.24, 2.45) is 0 Å². The first-order chi connectivity index (χ1) is 5.11. The average Bonchev–Trinajstić information content (AvgIpc) is 1.94. The van der Waals surface area contributed by atoms with Crippen molar-refractivity contribution in [1.29, 1.82) is 0 Å². The molecule has 1 aromatic rings. The van der Waals surface area contributed by atoms with Crippen molar-refractivity contribution in [3.63, 3.8) is 0 Å². The molecule has 0 spiro atoms. The molecule has 0 aliphatic carbocycles. The molecule has 0 nitrogen and oxygen atoms in total. The van der Waals surface area contributed by atoms with Gasteiger partial charge in [-0.15, -0.1) is 0 Å².